The first-order valence-corrected chi connectivity index (χ1v) is 12.4. The van der Waals surface area contributed by atoms with Crippen molar-refractivity contribution in [3.05, 3.63) is 107 Å². The number of carbonyl (C=O) groups excluding carboxylic acids is 2. The third-order valence-corrected chi connectivity index (χ3v) is 7.00. The summed E-state index contributed by atoms with van der Waals surface area (Å²) in [5, 5.41) is 0.717. The maximum atomic E-state index is 13.5. The Bertz CT molecular complexity index is 1510. The van der Waals surface area contributed by atoms with Gasteiger partial charge >= 0.3 is 12.4 Å². The highest BCUT2D eigenvalue weighted by molar-refractivity contribution is 6.06. The van der Waals surface area contributed by atoms with E-state index in [2.05, 4.69) is 4.98 Å². The zero-order chi connectivity index (χ0) is 28.7. The largest absolute Gasteiger partial charge is 0.416 e. The molecule has 2 heterocycles. The average molecular weight is 560 g/mol. The van der Waals surface area contributed by atoms with E-state index in [-0.39, 0.29) is 38.0 Å². The van der Waals surface area contributed by atoms with Gasteiger partial charge in [-0.05, 0) is 36.2 Å². The molecular formula is C29H23F6N3O2. The number of hydrogen-bond donors (Lipinski definition) is 1. The molecule has 208 valence electrons. The minimum Gasteiger partial charge on any atom is -0.360 e. The van der Waals surface area contributed by atoms with Crippen molar-refractivity contribution < 1.29 is 35.9 Å². The molecule has 1 aromatic heterocycles. The highest BCUT2D eigenvalue weighted by Gasteiger charge is 2.39. The molecule has 0 saturated carbocycles. The summed E-state index contributed by atoms with van der Waals surface area (Å²) in [6, 6.07) is 16.4. The number of aromatic amines is 1. The highest BCUT2D eigenvalue weighted by atomic mass is 19.4. The number of amides is 2. The molecule has 0 aliphatic carbocycles. The van der Waals surface area contributed by atoms with Gasteiger partial charge < -0.3 is 14.8 Å². The van der Waals surface area contributed by atoms with Crippen molar-refractivity contribution in [3.8, 4) is 0 Å². The molecule has 1 aliphatic rings. The lowest BCUT2D eigenvalue weighted by Gasteiger charge is -2.42. The van der Waals surface area contributed by atoms with Gasteiger partial charge in [-0.3, -0.25) is 9.59 Å². The van der Waals surface area contributed by atoms with Crippen LogP contribution in [0.15, 0.2) is 79.0 Å². The summed E-state index contributed by atoms with van der Waals surface area (Å²) in [7, 11) is 0. The predicted molar refractivity (Wildman–Crippen MR) is 136 cm³/mol. The molecule has 1 fully saturated rings. The van der Waals surface area contributed by atoms with Crippen LogP contribution in [0.4, 0.5) is 26.3 Å². The molecule has 0 spiro atoms. The molecule has 4 aromatic rings. The lowest BCUT2D eigenvalue weighted by molar-refractivity contribution is -0.143. The van der Waals surface area contributed by atoms with Crippen LogP contribution in [0.1, 0.15) is 37.4 Å². The molecule has 0 bridgehead atoms. The molecular weight excluding hydrogens is 536 g/mol. The van der Waals surface area contributed by atoms with E-state index < -0.39 is 41.0 Å². The molecule has 5 rings (SSSR count). The maximum Gasteiger partial charge on any atom is 0.416 e. The zero-order valence-corrected chi connectivity index (χ0v) is 20.9. The fourth-order valence-corrected chi connectivity index (χ4v) is 5.03. The van der Waals surface area contributed by atoms with Gasteiger partial charge in [0, 0.05) is 42.3 Å². The first-order chi connectivity index (χ1) is 18.9. The Hall–Kier alpha value is -4.28. The number of nitrogens with one attached hydrogen (secondary N) is 1. The van der Waals surface area contributed by atoms with Crippen molar-refractivity contribution in [1.82, 2.24) is 14.8 Å². The van der Waals surface area contributed by atoms with Gasteiger partial charge in [0.1, 0.15) is 0 Å². The van der Waals surface area contributed by atoms with E-state index in [1.807, 2.05) is 12.1 Å². The zero-order valence-electron chi connectivity index (χ0n) is 20.9. The van der Waals surface area contributed by atoms with Crippen molar-refractivity contribution in [2.45, 2.75) is 24.8 Å². The van der Waals surface area contributed by atoms with Gasteiger partial charge in [-0.1, -0.05) is 48.5 Å². The number of nitrogens with zero attached hydrogens (tertiary/aromatic N) is 2. The van der Waals surface area contributed by atoms with Gasteiger partial charge in [0.2, 0.25) is 0 Å². The molecule has 5 nitrogen and oxygen atoms in total. The van der Waals surface area contributed by atoms with Gasteiger partial charge in [0.15, 0.2) is 0 Å². The number of H-pyrrole nitrogens is 1. The van der Waals surface area contributed by atoms with Crippen LogP contribution in [-0.4, -0.2) is 52.3 Å². The second-order valence-corrected chi connectivity index (χ2v) is 9.64. The Kier molecular flexibility index (Phi) is 7.07. The summed E-state index contributed by atoms with van der Waals surface area (Å²) in [5.41, 5.74) is -1.83. The first-order valence-electron chi connectivity index (χ1n) is 12.4. The van der Waals surface area contributed by atoms with Crippen LogP contribution in [0.5, 0.6) is 0 Å². The lowest BCUT2D eigenvalue weighted by atomic mass is 9.98. The van der Waals surface area contributed by atoms with E-state index in [4.69, 9.17) is 0 Å². The third-order valence-electron chi connectivity index (χ3n) is 7.00. The number of rotatable bonds is 4. The second kappa shape index (κ2) is 10.4. The molecule has 1 aliphatic heterocycles. The van der Waals surface area contributed by atoms with Crippen LogP contribution in [0.2, 0.25) is 0 Å². The van der Waals surface area contributed by atoms with Crippen LogP contribution in [0.3, 0.4) is 0 Å². The minimum absolute atomic E-state index is 0.00393. The average Bonchev–Trinajstić information content (AvgIpc) is 3.36. The van der Waals surface area contributed by atoms with Crippen LogP contribution < -0.4 is 0 Å². The van der Waals surface area contributed by atoms with Gasteiger partial charge in [-0.15, -0.1) is 0 Å². The van der Waals surface area contributed by atoms with Crippen LogP contribution >= 0.6 is 0 Å². The first kappa shape index (κ1) is 27.3. The molecule has 1 N–H and O–H groups in total. The smallest absolute Gasteiger partial charge is 0.360 e. The summed E-state index contributed by atoms with van der Waals surface area (Å²) < 4.78 is 80.7. The van der Waals surface area contributed by atoms with Crippen LogP contribution in [0, 0.1) is 0 Å². The number of carbonyl (C=O) groups is 2. The summed E-state index contributed by atoms with van der Waals surface area (Å²) in [5.74, 6) is -1.25. The van der Waals surface area contributed by atoms with Crippen molar-refractivity contribution in [2.75, 3.05) is 19.6 Å². The summed E-state index contributed by atoms with van der Waals surface area (Å²) >= 11 is 0. The summed E-state index contributed by atoms with van der Waals surface area (Å²) in [6.45, 7) is 0.0343. The Morgan fingerprint density at radius 2 is 1.43 bits per heavy atom. The Morgan fingerprint density at radius 3 is 2.08 bits per heavy atom. The maximum absolute atomic E-state index is 13.5. The van der Waals surface area contributed by atoms with E-state index in [0.29, 0.717) is 23.1 Å². The lowest BCUT2D eigenvalue weighted by Crippen LogP contribution is -2.57. The number of fused-ring (bicyclic) bond motifs is 1. The monoisotopic (exact) mass is 559 g/mol. The Morgan fingerprint density at radius 1 is 0.800 bits per heavy atom. The summed E-state index contributed by atoms with van der Waals surface area (Å²) in [6.07, 6.45) is -8.32. The normalized spacial score (nSPS) is 16.4. The van der Waals surface area contributed by atoms with E-state index in [0.717, 1.165) is 11.1 Å². The van der Waals surface area contributed by atoms with E-state index in [9.17, 15) is 35.9 Å². The number of piperazine rings is 1. The number of para-hydroxylation sites is 1. The van der Waals surface area contributed by atoms with Crippen molar-refractivity contribution >= 4 is 22.7 Å². The van der Waals surface area contributed by atoms with E-state index in [1.54, 1.807) is 53.6 Å². The third kappa shape index (κ3) is 5.54. The van der Waals surface area contributed by atoms with Crippen molar-refractivity contribution in [3.63, 3.8) is 0 Å². The Balaban J connectivity index is 1.48. The molecule has 3 aromatic carbocycles. The van der Waals surface area contributed by atoms with Crippen molar-refractivity contribution in [2.24, 2.45) is 0 Å². The number of alkyl halides is 6. The van der Waals surface area contributed by atoms with Crippen LogP contribution in [0.25, 0.3) is 10.9 Å². The molecule has 0 unspecified atom stereocenters. The highest BCUT2D eigenvalue weighted by Crippen LogP contribution is 2.37. The quantitative estimate of drug-likeness (QED) is 0.294. The Labute approximate surface area is 225 Å². The standard InChI is InChI=1S/C29H23F6N3O2/c30-28(31,32)20-13-19(14-21(15-20)29(33,34)35)26(39)38-11-10-37(17-22(38)12-18-6-2-1-3-7-18)27(40)24-16-36-25-9-5-4-8-23(24)25/h1-9,13-16,22,36H,10-12,17H2/t22-/m1/s1. The SMILES string of the molecule is O=C(c1c[nH]c2ccccc12)N1CCN(C(=O)c2cc(C(F)(F)F)cc(C(F)(F)F)c2)[C@H](Cc2ccccc2)C1. The van der Waals surface area contributed by atoms with E-state index >= 15 is 0 Å². The number of benzene rings is 3. The molecule has 1 atom stereocenters. The number of hydrogen-bond acceptors (Lipinski definition) is 2. The topological polar surface area (TPSA) is 56.4 Å². The molecule has 1 saturated heterocycles. The van der Waals surface area contributed by atoms with Gasteiger partial charge in [-0.25, -0.2) is 0 Å². The van der Waals surface area contributed by atoms with Crippen molar-refractivity contribution in [1.29, 1.82) is 0 Å². The number of aromatic nitrogens is 1. The fourth-order valence-electron chi connectivity index (χ4n) is 5.03. The molecule has 40 heavy (non-hydrogen) atoms. The summed E-state index contributed by atoms with van der Waals surface area (Å²) in [4.78, 5) is 32.9. The minimum atomic E-state index is -5.08. The van der Waals surface area contributed by atoms with Gasteiger partial charge in [0.05, 0.1) is 22.7 Å². The molecule has 0 radical (unpaired) electrons. The van der Waals surface area contributed by atoms with Gasteiger partial charge in [0.25, 0.3) is 11.8 Å². The second-order valence-electron chi connectivity index (χ2n) is 9.64. The fraction of sp³-hybridized carbons (Fsp3) is 0.241. The number of halogens is 6. The van der Waals surface area contributed by atoms with Crippen LogP contribution in [-0.2, 0) is 18.8 Å². The molecule has 11 heteroatoms. The van der Waals surface area contributed by atoms with E-state index in [1.165, 1.54) is 4.90 Å². The molecule has 2 amide bonds. The predicted octanol–water partition coefficient (Wildman–Crippen LogP) is 6.42. The van der Waals surface area contributed by atoms with Gasteiger partial charge in [-0.2, -0.15) is 26.3 Å².